The third-order valence-corrected chi connectivity index (χ3v) is 4.92. The molecule has 0 spiro atoms. The molecule has 0 aliphatic carbocycles. The summed E-state index contributed by atoms with van der Waals surface area (Å²) in [4.78, 5) is 28.9. The maximum absolute atomic E-state index is 12.6. The van der Waals surface area contributed by atoms with E-state index in [1.807, 2.05) is 62.4 Å². The third-order valence-electron chi connectivity index (χ3n) is 4.92. The van der Waals surface area contributed by atoms with Crippen molar-refractivity contribution in [2.75, 3.05) is 34.8 Å². The van der Waals surface area contributed by atoms with Gasteiger partial charge in [-0.05, 0) is 75.1 Å². The van der Waals surface area contributed by atoms with E-state index >= 15 is 0 Å². The van der Waals surface area contributed by atoms with E-state index in [0.717, 1.165) is 30.0 Å². The molecule has 2 aromatic carbocycles. The van der Waals surface area contributed by atoms with Crippen molar-refractivity contribution in [3.8, 4) is 0 Å². The average Bonchev–Trinajstić information content (AvgIpc) is 2.70. The van der Waals surface area contributed by atoms with Gasteiger partial charge in [0.15, 0.2) is 0 Å². The van der Waals surface area contributed by atoms with Gasteiger partial charge >= 0.3 is 11.8 Å². The molecule has 1 fully saturated rings. The maximum Gasteiger partial charge on any atom is 0.316 e. The second kappa shape index (κ2) is 8.71. The molecule has 142 valence electrons. The lowest BCUT2D eigenvalue weighted by Gasteiger charge is -2.28. The van der Waals surface area contributed by atoms with Crippen molar-refractivity contribution in [2.24, 2.45) is 0 Å². The van der Waals surface area contributed by atoms with Crippen LogP contribution in [0.1, 0.15) is 31.7 Å². The zero-order valence-corrected chi connectivity index (χ0v) is 16.1. The van der Waals surface area contributed by atoms with Crippen molar-refractivity contribution in [1.29, 1.82) is 0 Å². The molecule has 27 heavy (non-hydrogen) atoms. The summed E-state index contributed by atoms with van der Waals surface area (Å²) in [6, 6.07) is 15.3. The normalized spacial score (nSPS) is 13.9. The van der Waals surface area contributed by atoms with E-state index < -0.39 is 11.8 Å². The molecule has 0 aromatic heterocycles. The summed E-state index contributed by atoms with van der Waals surface area (Å²) in [5.41, 5.74) is 3.58. The summed E-state index contributed by atoms with van der Waals surface area (Å²) in [5, 5.41) is 2.72. The molecular weight excluding hydrogens is 338 g/mol. The fourth-order valence-electron chi connectivity index (χ4n) is 3.45. The van der Waals surface area contributed by atoms with Crippen molar-refractivity contribution >= 4 is 28.9 Å². The minimum Gasteiger partial charge on any atom is -0.372 e. The first-order valence-electron chi connectivity index (χ1n) is 9.63. The molecule has 0 saturated carbocycles. The molecule has 5 nitrogen and oxygen atoms in total. The Bertz CT molecular complexity index is 795. The van der Waals surface area contributed by atoms with Crippen LogP contribution in [0.5, 0.6) is 0 Å². The molecule has 0 bridgehead atoms. The monoisotopic (exact) mass is 365 g/mol. The molecule has 2 aromatic rings. The van der Waals surface area contributed by atoms with E-state index in [1.54, 1.807) is 0 Å². The average molecular weight is 365 g/mol. The van der Waals surface area contributed by atoms with E-state index in [2.05, 4.69) is 10.2 Å². The molecule has 1 aliphatic rings. The molecule has 3 rings (SSSR count). The number of rotatable bonds is 4. The number of likely N-dealkylation sites (N-methyl/N-ethyl adjacent to an activating group) is 1. The molecule has 0 radical (unpaired) electrons. The summed E-state index contributed by atoms with van der Waals surface area (Å²) < 4.78 is 0. The first-order valence-corrected chi connectivity index (χ1v) is 9.63. The van der Waals surface area contributed by atoms with Gasteiger partial charge in [0.1, 0.15) is 0 Å². The van der Waals surface area contributed by atoms with Crippen LogP contribution in [0.2, 0.25) is 0 Å². The second-order valence-corrected chi connectivity index (χ2v) is 6.94. The first kappa shape index (κ1) is 19.0. The summed E-state index contributed by atoms with van der Waals surface area (Å²) >= 11 is 0. The van der Waals surface area contributed by atoms with E-state index in [1.165, 1.54) is 24.2 Å². The van der Waals surface area contributed by atoms with Crippen LogP contribution in [0.15, 0.2) is 48.5 Å². The molecule has 1 heterocycles. The fourth-order valence-corrected chi connectivity index (χ4v) is 3.45. The lowest BCUT2D eigenvalue weighted by Crippen LogP contribution is -2.39. The highest BCUT2D eigenvalue weighted by molar-refractivity contribution is 6.44. The van der Waals surface area contributed by atoms with Gasteiger partial charge in [-0.25, -0.2) is 0 Å². The van der Waals surface area contributed by atoms with Gasteiger partial charge in [-0.1, -0.05) is 12.1 Å². The lowest BCUT2D eigenvalue weighted by atomic mass is 10.1. The van der Waals surface area contributed by atoms with Gasteiger partial charge in [0, 0.05) is 36.7 Å². The summed E-state index contributed by atoms with van der Waals surface area (Å²) in [6.45, 7) is 6.41. The first-order chi connectivity index (χ1) is 13.1. The SMILES string of the molecule is CCN(C(=O)C(=O)Nc1ccc(N2CCCCC2)cc1)c1cccc(C)c1. The molecule has 1 N–H and O–H groups in total. The minimum atomic E-state index is -0.621. The van der Waals surface area contributed by atoms with Crippen molar-refractivity contribution in [3.05, 3.63) is 54.1 Å². The Morgan fingerprint density at radius 2 is 1.74 bits per heavy atom. The number of nitrogens with one attached hydrogen (secondary N) is 1. The van der Waals surface area contributed by atoms with Crippen LogP contribution in [0, 0.1) is 6.92 Å². The lowest BCUT2D eigenvalue weighted by molar-refractivity contribution is -0.134. The van der Waals surface area contributed by atoms with Crippen LogP contribution >= 0.6 is 0 Å². The molecule has 0 unspecified atom stereocenters. The van der Waals surface area contributed by atoms with Gasteiger partial charge in [0.25, 0.3) is 0 Å². The zero-order chi connectivity index (χ0) is 19.2. The third kappa shape index (κ3) is 4.67. The van der Waals surface area contributed by atoms with Gasteiger partial charge in [-0.3, -0.25) is 9.59 Å². The molecular formula is C22H27N3O2. The van der Waals surface area contributed by atoms with Gasteiger partial charge in [-0.2, -0.15) is 0 Å². The predicted octanol–water partition coefficient (Wildman–Crippen LogP) is 3.98. The largest absolute Gasteiger partial charge is 0.372 e. The number of hydrogen-bond acceptors (Lipinski definition) is 3. The number of benzene rings is 2. The number of carbonyl (C=O) groups is 2. The minimum absolute atomic E-state index is 0.434. The Labute approximate surface area is 161 Å². The van der Waals surface area contributed by atoms with E-state index in [4.69, 9.17) is 0 Å². The fraction of sp³-hybridized carbons (Fsp3) is 0.364. The highest BCUT2D eigenvalue weighted by Gasteiger charge is 2.22. The molecule has 1 saturated heterocycles. The highest BCUT2D eigenvalue weighted by atomic mass is 16.2. The Morgan fingerprint density at radius 1 is 1.04 bits per heavy atom. The van der Waals surface area contributed by atoms with Gasteiger partial charge in [-0.15, -0.1) is 0 Å². The summed E-state index contributed by atoms with van der Waals surface area (Å²) in [6.07, 6.45) is 3.74. The smallest absolute Gasteiger partial charge is 0.316 e. The second-order valence-electron chi connectivity index (χ2n) is 6.94. The van der Waals surface area contributed by atoms with Crippen molar-refractivity contribution in [3.63, 3.8) is 0 Å². The number of nitrogens with zero attached hydrogens (tertiary/aromatic N) is 2. The molecule has 0 atom stereocenters. The van der Waals surface area contributed by atoms with Crippen LogP contribution in [0.4, 0.5) is 17.1 Å². The van der Waals surface area contributed by atoms with E-state index in [0.29, 0.717) is 12.2 Å². The van der Waals surface area contributed by atoms with Crippen molar-refractivity contribution in [2.45, 2.75) is 33.1 Å². The molecule has 1 aliphatic heterocycles. The van der Waals surface area contributed by atoms with E-state index in [9.17, 15) is 9.59 Å². The van der Waals surface area contributed by atoms with Crippen LogP contribution in [0.3, 0.4) is 0 Å². The number of carbonyl (C=O) groups excluding carboxylic acids is 2. The quantitative estimate of drug-likeness (QED) is 0.834. The Morgan fingerprint density at radius 3 is 2.37 bits per heavy atom. The zero-order valence-electron chi connectivity index (χ0n) is 16.1. The number of amides is 2. The van der Waals surface area contributed by atoms with Crippen molar-refractivity contribution in [1.82, 2.24) is 0 Å². The highest BCUT2D eigenvalue weighted by Crippen LogP contribution is 2.22. The summed E-state index contributed by atoms with van der Waals surface area (Å²) in [5.74, 6) is -1.17. The Balaban J connectivity index is 1.65. The number of anilines is 3. The van der Waals surface area contributed by atoms with E-state index in [-0.39, 0.29) is 0 Å². The molecule has 2 amide bonds. The maximum atomic E-state index is 12.6. The van der Waals surface area contributed by atoms with Crippen LogP contribution in [-0.4, -0.2) is 31.4 Å². The molecule has 5 heteroatoms. The Kier molecular flexibility index (Phi) is 6.12. The van der Waals surface area contributed by atoms with Crippen LogP contribution in [-0.2, 0) is 9.59 Å². The number of hydrogen-bond donors (Lipinski definition) is 1. The number of piperidine rings is 1. The summed E-state index contributed by atoms with van der Waals surface area (Å²) in [7, 11) is 0. The predicted molar refractivity (Wildman–Crippen MR) is 110 cm³/mol. The van der Waals surface area contributed by atoms with Crippen LogP contribution < -0.4 is 15.1 Å². The van der Waals surface area contributed by atoms with Gasteiger partial charge in [0.2, 0.25) is 0 Å². The van der Waals surface area contributed by atoms with Crippen LogP contribution in [0.25, 0.3) is 0 Å². The standard InChI is InChI=1S/C22H27N3O2/c1-3-25(20-9-7-8-17(2)16-20)22(27)21(26)23-18-10-12-19(13-11-18)24-14-5-4-6-15-24/h7-13,16H,3-6,14-15H2,1-2H3,(H,23,26). The van der Waals surface area contributed by atoms with Gasteiger partial charge in [0.05, 0.1) is 0 Å². The van der Waals surface area contributed by atoms with Gasteiger partial charge < -0.3 is 15.1 Å². The number of aryl methyl sites for hydroxylation is 1. The van der Waals surface area contributed by atoms with Crippen molar-refractivity contribution < 1.29 is 9.59 Å². The topological polar surface area (TPSA) is 52.7 Å². The Hall–Kier alpha value is -2.82.